The molecule has 0 spiro atoms. The molecule has 1 amide bonds. The molecule has 0 fully saturated rings. The number of aryl methyl sites for hydroxylation is 2. The van der Waals surface area contributed by atoms with Crippen molar-refractivity contribution in [3.63, 3.8) is 0 Å². The van der Waals surface area contributed by atoms with Crippen LogP contribution in [0.15, 0.2) is 72.9 Å². The summed E-state index contributed by atoms with van der Waals surface area (Å²) in [4.78, 5) is 16.5. The van der Waals surface area contributed by atoms with Gasteiger partial charge >= 0.3 is 0 Å². The first kappa shape index (κ1) is 17.7. The van der Waals surface area contributed by atoms with Gasteiger partial charge in [0.15, 0.2) is 0 Å². The molecule has 4 nitrogen and oxygen atoms in total. The van der Waals surface area contributed by atoms with E-state index in [0.29, 0.717) is 11.4 Å². The Morgan fingerprint density at radius 3 is 2.42 bits per heavy atom. The Hall–Kier alpha value is -3.14. The van der Waals surface area contributed by atoms with Crippen LogP contribution >= 0.6 is 0 Å². The molecule has 0 saturated heterocycles. The molecule has 1 aromatic heterocycles. The molecule has 2 aromatic carbocycles. The van der Waals surface area contributed by atoms with Gasteiger partial charge in [0.2, 0.25) is 0 Å². The zero-order valence-electron chi connectivity index (χ0n) is 14.9. The van der Waals surface area contributed by atoms with Gasteiger partial charge in [0.25, 0.3) is 5.91 Å². The van der Waals surface area contributed by atoms with Crippen molar-refractivity contribution in [3.8, 4) is 0 Å². The molecule has 0 unspecified atom stereocenters. The maximum Gasteiger partial charge on any atom is 0.256 e. The molecule has 0 aliphatic rings. The number of anilines is 2. The van der Waals surface area contributed by atoms with Crippen LogP contribution in [0.25, 0.3) is 0 Å². The molecule has 0 aliphatic carbocycles. The van der Waals surface area contributed by atoms with Crippen molar-refractivity contribution in [2.75, 3.05) is 17.2 Å². The summed E-state index contributed by atoms with van der Waals surface area (Å²) >= 11 is 0. The highest BCUT2D eigenvalue weighted by Gasteiger charge is 2.06. The third-order valence-corrected chi connectivity index (χ3v) is 4.13. The van der Waals surface area contributed by atoms with Crippen LogP contribution in [0.1, 0.15) is 27.9 Å². The second-order valence-corrected chi connectivity index (χ2v) is 6.27. The smallest absolute Gasteiger partial charge is 0.256 e. The van der Waals surface area contributed by atoms with Gasteiger partial charge in [-0.15, -0.1) is 0 Å². The number of pyridine rings is 1. The van der Waals surface area contributed by atoms with Crippen molar-refractivity contribution in [2.24, 2.45) is 0 Å². The molecule has 3 aromatic rings. The van der Waals surface area contributed by atoms with Crippen LogP contribution in [0, 0.1) is 6.92 Å². The second-order valence-electron chi connectivity index (χ2n) is 6.27. The zero-order chi connectivity index (χ0) is 18.2. The molecule has 0 aliphatic heterocycles. The summed E-state index contributed by atoms with van der Waals surface area (Å²) in [6, 6.07) is 21.7. The van der Waals surface area contributed by atoms with Crippen LogP contribution < -0.4 is 10.6 Å². The number of nitrogens with one attached hydrogen (secondary N) is 2. The summed E-state index contributed by atoms with van der Waals surface area (Å²) in [6.45, 7) is 2.88. The van der Waals surface area contributed by atoms with Gasteiger partial charge in [0, 0.05) is 12.1 Å². The van der Waals surface area contributed by atoms with E-state index in [4.69, 9.17) is 0 Å². The Kier molecular flexibility index (Phi) is 5.99. The number of hydrogen-bond donors (Lipinski definition) is 2. The number of nitrogens with zero attached hydrogens (tertiary/aromatic N) is 1. The highest BCUT2D eigenvalue weighted by molar-refractivity contribution is 6.03. The Labute approximate surface area is 154 Å². The molecule has 0 bridgehead atoms. The van der Waals surface area contributed by atoms with Crippen LogP contribution in [0.2, 0.25) is 0 Å². The van der Waals surface area contributed by atoms with Gasteiger partial charge in [0.1, 0.15) is 5.82 Å². The quantitative estimate of drug-likeness (QED) is 0.611. The number of carbonyl (C=O) groups excluding carboxylic acids is 1. The van der Waals surface area contributed by atoms with Crippen LogP contribution in [0.4, 0.5) is 11.5 Å². The third-order valence-electron chi connectivity index (χ3n) is 4.13. The molecular formula is C22H23N3O. The van der Waals surface area contributed by atoms with Crippen molar-refractivity contribution < 1.29 is 4.79 Å². The molecule has 0 radical (unpaired) electrons. The number of benzene rings is 2. The summed E-state index contributed by atoms with van der Waals surface area (Å²) in [5.74, 6) is 0.395. The maximum atomic E-state index is 12.2. The predicted molar refractivity (Wildman–Crippen MR) is 107 cm³/mol. The Balaban J connectivity index is 1.45. The first-order chi connectivity index (χ1) is 12.7. The summed E-state index contributed by atoms with van der Waals surface area (Å²) in [6.07, 6.45) is 3.84. The number of carbonyl (C=O) groups is 1. The fourth-order valence-electron chi connectivity index (χ4n) is 2.64. The first-order valence-corrected chi connectivity index (χ1v) is 8.82. The van der Waals surface area contributed by atoms with Crippen LogP contribution in [0.3, 0.4) is 0 Å². The van der Waals surface area contributed by atoms with Gasteiger partial charge in [-0.3, -0.25) is 4.79 Å². The fourth-order valence-corrected chi connectivity index (χ4v) is 2.64. The van der Waals surface area contributed by atoms with Crippen LogP contribution in [0.5, 0.6) is 0 Å². The first-order valence-electron chi connectivity index (χ1n) is 8.82. The average molecular weight is 345 g/mol. The van der Waals surface area contributed by atoms with Gasteiger partial charge < -0.3 is 10.6 Å². The summed E-state index contributed by atoms with van der Waals surface area (Å²) in [5, 5.41) is 6.17. The predicted octanol–water partition coefficient (Wildman–Crippen LogP) is 4.69. The maximum absolute atomic E-state index is 12.2. The molecule has 26 heavy (non-hydrogen) atoms. The SMILES string of the molecule is Cc1ccc(C(=O)Nc2ccc(NCCCc3ccccc3)cn2)cc1. The highest BCUT2D eigenvalue weighted by Crippen LogP contribution is 2.12. The lowest BCUT2D eigenvalue weighted by molar-refractivity contribution is 0.102. The van der Waals surface area contributed by atoms with Crippen molar-refractivity contribution >= 4 is 17.4 Å². The number of amides is 1. The molecule has 0 atom stereocenters. The molecule has 0 saturated carbocycles. The van der Waals surface area contributed by atoms with E-state index in [0.717, 1.165) is 30.6 Å². The van der Waals surface area contributed by atoms with E-state index in [1.165, 1.54) is 5.56 Å². The van der Waals surface area contributed by atoms with Crippen molar-refractivity contribution in [2.45, 2.75) is 19.8 Å². The minimum atomic E-state index is -0.152. The highest BCUT2D eigenvalue weighted by atomic mass is 16.1. The standard InChI is InChI=1S/C22H23N3O/c1-17-9-11-19(12-10-17)22(26)25-21-14-13-20(16-24-21)23-15-5-8-18-6-3-2-4-7-18/h2-4,6-7,9-14,16,23H,5,8,15H2,1H3,(H,24,25,26). The molecule has 3 rings (SSSR count). The van der Waals surface area contributed by atoms with Gasteiger partial charge in [-0.1, -0.05) is 48.0 Å². The van der Waals surface area contributed by atoms with E-state index < -0.39 is 0 Å². The van der Waals surface area contributed by atoms with Crippen molar-refractivity contribution in [3.05, 3.63) is 89.6 Å². The Morgan fingerprint density at radius 1 is 0.962 bits per heavy atom. The molecule has 132 valence electrons. The minimum Gasteiger partial charge on any atom is -0.384 e. The van der Waals surface area contributed by atoms with Gasteiger partial charge in [-0.25, -0.2) is 4.98 Å². The van der Waals surface area contributed by atoms with Crippen LogP contribution in [-0.2, 0) is 6.42 Å². The summed E-state index contributed by atoms with van der Waals surface area (Å²) in [7, 11) is 0. The molecule has 1 heterocycles. The van der Waals surface area contributed by atoms with Gasteiger partial charge in [-0.05, 0) is 49.6 Å². The average Bonchev–Trinajstić information content (AvgIpc) is 2.68. The number of rotatable bonds is 7. The Bertz CT molecular complexity index is 828. The molecular weight excluding hydrogens is 322 g/mol. The Morgan fingerprint density at radius 2 is 1.73 bits per heavy atom. The topological polar surface area (TPSA) is 54.0 Å². The summed E-state index contributed by atoms with van der Waals surface area (Å²) in [5.41, 5.74) is 4.05. The monoisotopic (exact) mass is 345 g/mol. The zero-order valence-corrected chi connectivity index (χ0v) is 14.9. The van der Waals surface area contributed by atoms with Crippen molar-refractivity contribution in [1.29, 1.82) is 0 Å². The lowest BCUT2D eigenvalue weighted by Crippen LogP contribution is -2.13. The van der Waals surface area contributed by atoms with E-state index >= 15 is 0 Å². The van der Waals surface area contributed by atoms with E-state index in [-0.39, 0.29) is 5.91 Å². The second kappa shape index (κ2) is 8.81. The van der Waals surface area contributed by atoms with Crippen molar-refractivity contribution in [1.82, 2.24) is 4.98 Å². The normalized spacial score (nSPS) is 10.3. The van der Waals surface area contributed by atoms with E-state index in [2.05, 4.69) is 39.9 Å². The largest absolute Gasteiger partial charge is 0.384 e. The summed E-state index contributed by atoms with van der Waals surface area (Å²) < 4.78 is 0. The third kappa shape index (κ3) is 5.18. The number of aromatic nitrogens is 1. The van der Waals surface area contributed by atoms with Gasteiger partial charge in [0.05, 0.1) is 11.9 Å². The molecule has 2 N–H and O–H groups in total. The number of hydrogen-bond acceptors (Lipinski definition) is 3. The minimum absolute atomic E-state index is 0.152. The lowest BCUT2D eigenvalue weighted by Gasteiger charge is -2.08. The molecule has 4 heteroatoms. The lowest BCUT2D eigenvalue weighted by atomic mass is 10.1. The van der Waals surface area contributed by atoms with E-state index in [1.54, 1.807) is 6.20 Å². The van der Waals surface area contributed by atoms with E-state index in [1.807, 2.05) is 49.4 Å². The van der Waals surface area contributed by atoms with Gasteiger partial charge in [-0.2, -0.15) is 0 Å². The van der Waals surface area contributed by atoms with Crippen LogP contribution in [-0.4, -0.2) is 17.4 Å². The fraction of sp³-hybridized carbons (Fsp3) is 0.182. The van der Waals surface area contributed by atoms with E-state index in [9.17, 15) is 4.79 Å².